The Kier molecular flexibility index (Phi) is 4.57. The fourth-order valence-corrected chi connectivity index (χ4v) is 2.51. The van der Waals surface area contributed by atoms with Crippen LogP contribution in [0.5, 0.6) is 0 Å². The van der Waals surface area contributed by atoms with E-state index in [1.807, 2.05) is 25.2 Å². The first-order chi connectivity index (χ1) is 11.5. The minimum atomic E-state index is -0.480. The highest BCUT2D eigenvalue weighted by molar-refractivity contribution is 6.33. The number of benzene rings is 1. The Bertz CT molecular complexity index is 877. The van der Waals surface area contributed by atoms with Gasteiger partial charge in [0, 0.05) is 26.0 Å². The molecule has 0 spiro atoms. The van der Waals surface area contributed by atoms with Gasteiger partial charge in [0.2, 0.25) is 0 Å². The molecule has 2 aromatic heterocycles. The van der Waals surface area contributed by atoms with E-state index in [0.717, 1.165) is 23.0 Å². The van der Waals surface area contributed by atoms with Gasteiger partial charge in [-0.05, 0) is 35.9 Å². The molecule has 0 unspecified atom stereocenters. The summed E-state index contributed by atoms with van der Waals surface area (Å²) in [6.45, 7) is 0.297. The molecule has 5 nitrogen and oxygen atoms in total. The summed E-state index contributed by atoms with van der Waals surface area (Å²) < 4.78 is 14.8. The van der Waals surface area contributed by atoms with Crippen LogP contribution in [0.1, 0.15) is 15.9 Å². The van der Waals surface area contributed by atoms with Gasteiger partial charge in [0.1, 0.15) is 5.82 Å². The smallest absolute Gasteiger partial charge is 0.253 e. The third-order valence-electron chi connectivity index (χ3n) is 3.54. The first-order valence-corrected chi connectivity index (χ1v) is 7.59. The maximum absolute atomic E-state index is 13.0. The summed E-state index contributed by atoms with van der Waals surface area (Å²) in [5.41, 5.74) is 2.78. The minimum absolute atomic E-state index is 0.0807. The first-order valence-electron chi connectivity index (χ1n) is 7.21. The van der Waals surface area contributed by atoms with E-state index in [1.54, 1.807) is 17.1 Å². The molecule has 122 valence electrons. The van der Waals surface area contributed by atoms with Crippen molar-refractivity contribution in [2.24, 2.45) is 7.05 Å². The van der Waals surface area contributed by atoms with Crippen molar-refractivity contribution in [2.45, 2.75) is 6.54 Å². The van der Waals surface area contributed by atoms with E-state index in [2.05, 4.69) is 15.4 Å². The van der Waals surface area contributed by atoms with E-state index in [4.69, 9.17) is 11.6 Å². The van der Waals surface area contributed by atoms with Crippen LogP contribution in [-0.2, 0) is 13.6 Å². The topological polar surface area (TPSA) is 59.8 Å². The number of carbonyl (C=O) groups excluding carboxylic acids is 1. The minimum Gasteiger partial charge on any atom is -0.348 e. The van der Waals surface area contributed by atoms with Gasteiger partial charge in [0.15, 0.2) is 0 Å². The number of halogens is 2. The zero-order valence-corrected chi connectivity index (χ0v) is 13.6. The Morgan fingerprint density at radius 3 is 2.75 bits per heavy atom. The van der Waals surface area contributed by atoms with Crippen LogP contribution in [0.25, 0.3) is 11.4 Å². The number of rotatable bonds is 4. The predicted molar refractivity (Wildman–Crippen MR) is 89.0 cm³/mol. The average molecular weight is 345 g/mol. The van der Waals surface area contributed by atoms with Gasteiger partial charge in [-0.2, -0.15) is 5.10 Å². The summed E-state index contributed by atoms with van der Waals surface area (Å²) >= 11 is 5.88. The summed E-state index contributed by atoms with van der Waals surface area (Å²) in [7, 11) is 1.84. The Morgan fingerprint density at radius 1 is 1.29 bits per heavy atom. The molecule has 0 aliphatic rings. The standard InChI is InChI=1S/C17H14ClFN4O/c1-23-16(6-7-22-23)15-5-2-11(9-20-15)10-21-17(24)13-4-3-12(19)8-14(13)18/h2-9H,10H2,1H3,(H,21,24). The van der Waals surface area contributed by atoms with Gasteiger partial charge >= 0.3 is 0 Å². The number of nitrogens with one attached hydrogen (secondary N) is 1. The molecule has 0 bridgehead atoms. The Labute approximate surface area is 143 Å². The number of amides is 1. The Hall–Kier alpha value is -2.73. The lowest BCUT2D eigenvalue weighted by Crippen LogP contribution is -2.23. The number of aromatic nitrogens is 3. The Balaban J connectivity index is 1.66. The number of pyridine rings is 1. The predicted octanol–water partition coefficient (Wildman–Crippen LogP) is 3.20. The molecule has 0 saturated carbocycles. The van der Waals surface area contributed by atoms with Crippen LogP contribution in [0.3, 0.4) is 0 Å². The van der Waals surface area contributed by atoms with E-state index in [1.165, 1.54) is 12.1 Å². The number of carbonyl (C=O) groups is 1. The second kappa shape index (κ2) is 6.80. The van der Waals surface area contributed by atoms with Crippen molar-refractivity contribution in [1.29, 1.82) is 0 Å². The van der Waals surface area contributed by atoms with Gasteiger partial charge in [-0.1, -0.05) is 17.7 Å². The van der Waals surface area contributed by atoms with Crippen molar-refractivity contribution in [2.75, 3.05) is 0 Å². The summed E-state index contributed by atoms with van der Waals surface area (Å²) in [5, 5.41) is 6.92. The van der Waals surface area contributed by atoms with Gasteiger partial charge in [-0.3, -0.25) is 14.5 Å². The van der Waals surface area contributed by atoms with E-state index in [0.29, 0.717) is 6.54 Å². The van der Waals surface area contributed by atoms with Crippen molar-refractivity contribution in [3.05, 3.63) is 70.8 Å². The largest absolute Gasteiger partial charge is 0.348 e. The first kappa shape index (κ1) is 16.1. The number of aryl methyl sites for hydroxylation is 1. The highest BCUT2D eigenvalue weighted by Crippen LogP contribution is 2.18. The zero-order valence-electron chi connectivity index (χ0n) is 12.8. The van der Waals surface area contributed by atoms with Gasteiger partial charge in [0.05, 0.1) is 22.0 Å². The molecule has 0 atom stereocenters. The highest BCUT2D eigenvalue weighted by atomic mass is 35.5. The fourth-order valence-electron chi connectivity index (χ4n) is 2.26. The van der Waals surface area contributed by atoms with Crippen LogP contribution in [-0.4, -0.2) is 20.7 Å². The highest BCUT2D eigenvalue weighted by Gasteiger charge is 2.11. The van der Waals surface area contributed by atoms with Crippen molar-refractivity contribution < 1.29 is 9.18 Å². The van der Waals surface area contributed by atoms with Gasteiger partial charge in [0.25, 0.3) is 5.91 Å². The zero-order chi connectivity index (χ0) is 17.1. The SMILES string of the molecule is Cn1nccc1-c1ccc(CNC(=O)c2ccc(F)cc2Cl)cn1. The second-order valence-corrected chi connectivity index (χ2v) is 5.61. The maximum Gasteiger partial charge on any atom is 0.253 e. The molecule has 1 aromatic carbocycles. The number of hydrogen-bond donors (Lipinski definition) is 1. The van der Waals surface area contributed by atoms with Gasteiger partial charge in [-0.25, -0.2) is 4.39 Å². The lowest BCUT2D eigenvalue weighted by atomic mass is 10.2. The lowest BCUT2D eigenvalue weighted by Gasteiger charge is -2.08. The van der Waals surface area contributed by atoms with Gasteiger partial charge in [-0.15, -0.1) is 0 Å². The van der Waals surface area contributed by atoms with Crippen molar-refractivity contribution >= 4 is 17.5 Å². The fraction of sp³-hybridized carbons (Fsp3) is 0.118. The van der Waals surface area contributed by atoms with E-state index >= 15 is 0 Å². The van der Waals surface area contributed by atoms with Crippen LogP contribution < -0.4 is 5.32 Å². The molecule has 2 heterocycles. The summed E-state index contributed by atoms with van der Waals surface area (Å²) in [5.74, 6) is -0.845. The molecular weight excluding hydrogens is 331 g/mol. The molecule has 0 fully saturated rings. The van der Waals surface area contributed by atoms with Crippen molar-refractivity contribution in [1.82, 2.24) is 20.1 Å². The van der Waals surface area contributed by atoms with Crippen LogP contribution in [0.4, 0.5) is 4.39 Å². The third-order valence-corrected chi connectivity index (χ3v) is 3.85. The molecule has 0 radical (unpaired) electrons. The van der Waals surface area contributed by atoms with Crippen molar-refractivity contribution in [3.63, 3.8) is 0 Å². The van der Waals surface area contributed by atoms with Crippen LogP contribution in [0.15, 0.2) is 48.8 Å². The van der Waals surface area contributed by atoms with Crippen molar-refractivity contribution in [3.8, 4) is 11.4 Å². The summed E-state index contributed by atoms with van der Waals surface area (Å²) in [4.78, 5) is 16.5. The van der Waals surface area contributed by atoms with Gasteiger partial charge < -0.3 is 5.32 Å². The molecule has 3 rings (SSSR count). The molecule has 24 heavy (non-hydrogen) atoms. The van der Waals surface area contributed by atoms with E-state index < -0.39 is 5.82 Å². The molecule has 3 aromatic rings. The maximum atomic E-state index is 13.0. The molecule has 0 saturated heterocycles. The van der Waals surface area contributed by atoms with Crippen LogP contribution in [0, 0.1) is 5.82 Å². The number of hydrogen-bond acceptors (Lipinski definition) is 3. The summed E-state index contributed by atoms with van der Waals surface area (Å²) in [6, 6.07) is 9.29. The monoisotopic (exact) mass is 344 g/mol. The lowest BCUT2D eigenvalue weighted by molar-refractivity contribution is 0.0951. The normalized spacial score (nSPS) is 10.6. The molecule has 0 aliphatic heterocycles. The van der Waals surface area contributed by atoms with E-state index in [9.17, 15) is 9.18 Å². The second-order valence-electron chi connectivity index (χ2n) is 5.20. The summed E-state index contributed by atoms with van der Waals surface area (Å²) in [6.07, 6.45) is 3.40. The molecular formula is C17H14ClFN4O. The molecule has 1 N–H and O–H groups in total. The Morgan fingerprint density at radius 2 is 2.12 bits per heavy atom. The molecule has 1 amide bonds. The molecule has 0 aliphatic carbocycles. The average Bonchev–Trinajstić information content (AvgIpc) is 2.99. The number of nitrogens with zero attached hydrogens (tertiary/aromatic N) is 3. The molecule has 7 heteroatoms. The quantitative estimate of drug-likeness (QED) is 0.790. The van der Waals surface area contributed by atoms with Crippen LogP contribution in [0.2, 0.25) is 5.02 Å². The third kappa shape index (κ3) is 3.44. The van der Waals surface area contributed by atoms with Crippen LogP contribution >= 0.6 is 11.6 Å². The van der Waals surface area contributed by atoms with E-state index in [-0.39, 0.29) is 16.5 Å².